The Morgan fingerprint density at radius 2 is 1.74 bits per heavy atom. The molecule has 0 saturated heterocycles. The van der Waals surface area contributed by atoms with Crippen molar-refractivity contribution in [2.24, 2.45) is 5.41 Å². The smallest absolute Gasteiger partial charge is 0.264 e. The Morgan fingerprint density at radius 3 is 2.37 bits per heavy atom. The fourth-order valence-corrected chi connectivity index (χ4v) is 4.56. The molecule has 2 aromatic rings. The molecule has 2 aromatic carbocycles. The number of fused-ring (bicyclic) bond motifs is 1. The van der Waals surface area contributed by atoms with E-state index in [1.807, 2.05) is 39.8 Å². The molecule has 0 aromatic heterocycles. The summed E-state index contributed by atoms with van der Waals surface area (Å²) in [5, 5.41) is 2.89. The highest BCUT2D eigenvalue weighted by Gasteiger charge is 2.30. The van der Waals surface area contributed by atoms with Crippen LogP contribution in [0.2, 0.25) is 0 Å². The van der Waals surface area contributed by atoms with E-state index >= 15 is 0 Å². The monoisotopic (exact) mass is 386 g/mol. The van der Waals surface area contributed by atoms with Gasteiger partial charge in [0.1, 0.15) is 0 Å². The molecule has 0 unspecified atom stereocenters. The maximum absolute atomic E-state index is 13.2. The third-order valence-electron chi connectivity index (χ3n) is 4.71. The van der Waals surface area contributed by atoms with Crippen molar-refractivity contribution in [2.75, 3.05) is 16.2 Å². The van der Waals surface area contributed by atoms with Crippen LogP contribution in [0.25, 0.3) is 0 Å². The Kier molecular flexibility index (Phi) is 5.04. The fourth-order valence-electron chi connectivity index (χ4n) is 3.02. The Bertz CT molecular complexity index is 958. The number of carbonyl (C=O) groups is 1. The maximum Gasteiger partial charge on any atom is 0.264 e. The summed E-state index contributed by atoms with van der Waals surface area (Å²) in [4.78, 5) is 12.6. The molecule has 5 nitrogen and oxygen atoms in total. The van der Waals surface area contributed by atoms with Crippen LogP contribution in [0.15, 0.2) is 47.4 Å². The van der Waals surface area contributed by atoms with Crippen molar-refractivity contribution in [2.45, 2.75) is 45.4 Å². The van der Waals surface area contributed by atoms with Crippen LogP contribution in [0.1, 0.15) is 38.3 Å². The van der Waals surface area contributed by atoms with E-state index in [0.717, 1.165) is 24.0 Å². The van der Waals surface area contributed by atoms with E-state index in [-0.39, 0.29) is 10.8 Å². The lowest BCUT2D eigenvalue weighted by Gasteiger charge is -2.31. The van der Waals surface area contributed by atoms with Gasteiger partial charge in [0.25, 0.3) is 10.0 Å². The minimum Gasteiger partial charge on any atom is -0.326 e. The van der Waals surface area contributed by atoms with Gasteiger partial charge in [-0.1, -0.05) is 44.5 Å². The van der Waals surface area contributed by atoms with E-state index in [0.29, 0.717) is 17.9 Å². The first-order valence-electron chi connectivity index (χ1n) is 9.13. The third kappa shape index (κ3) is 4.00. The topological polar surface area (TPSA) is 66.5 Å². The zero-order chi connectivity index (χ0) is 19.8. The summed E-state index contributed by atoms with van der Waals surface area (Å²) >= 11 is 0. The second-order valence-corrected chi connectivity index (χ2v) is 9.90. The van der Waals surface area contributed by atoms with Crippen LogP contribution in [-0.2, 0) is 21.2 Å². The maximum atomic E-state index is 13.2. The summed E-state index contributed by atoms with van der Waals surface area (Å²) in [7, 11) is -3.65. The predicted molar refractivity (Wildman–Crippen MR) is 109 cm³/mol. The fraction of sp³-hybridized carbons (Fsp3) is 0.381. The molecule has 144 valence electrons. The molecule has 0 aliphatic carbocycles. The molecule has 0 bridgehead atoms. The highest BCUT2D eigenvalue weighted by atomic mass is 32.2. The number of rotatable bonds is 3. The van der Waals surface area contributed by atoms with Gasteiger partial charge in [-0.3, -0.25) is 9.10 Å². The van der Waals surface area contributed by atoms with Crippen molar-refractivity contribution < 1.29 is 13.2 Å². The number of sulfonamides is 1. The third-order valence-corrected chi connectivity index (χ3v) is 6.54. The van der Waals surface area contributed by atoms with E-state index in [9.17, 15) is 13.2 Å². The zero-order valence-electron chi connectivity index (χ0n) is 16.2. The number of hydrogen-bond donors (Lipinski definition) is 1. The molecular weight excluding hydrogens is 360 g/mol. The van der Waals surface area contributed by atoms with Gasteiger partial charge >= 0.3 is 0 Å². The highest BCUT2D eigenvalue weighted by Crippen LogP contribution is 2.34. The SMILES string of the molecule is Cc1ccc(S(=O)(=O)N2CCCc3ccc(NC(=O)C(C)(C)C)cc32)cc1. The first-order valence-corrected chi connectivity index (χ1v) is 10.6. The molecule has 0 spiro atoms. The van der Waals surface area contributed by atoms with Gasteiger partial charge in [-0.2, -0.15) is 0 Å². The zero-order valence-corrected chi connectivity index (χ0v) is 17.1. The first kappa shape index (κ1) is 19.4. The highest BCUT2D eigenvalue weighted by molar-refractivity contribution is 7.92. The van der Waals surface area contributed by atoms with Crippen molar-refractivity contribution in [3.63, 3.8) is 0 Å². The van der Waals surface area contributed by atoms with Crippen LogP contribution in [-0.4, -0.2) is 20.9 Å². The van der Waals surface area contributed by atoms with Crippen molar-refractivity contribution in [1.29, 1.82) is 0 Å². The summed E-state index contributed by atoms with van der Waals surface area (Å²) in [6.07, 6.45) is 1.59. The average molecular weight is 387 g/mol. The average Bonchev–Trinajstić information content (AvgIpc) is 2.60. The number of anilines is 2. The molecule has 1 amide bonds. The van der Waals surface area contributed by atoms with Gasteiger partial charge in [0.15, 0.2) is 0 Å². The molecule has 6 heteroatoms. The van der Waals surface area contributed by atoms with E-state index in [1.54, 1.807) is 30.3 Å². The Morgan fingerprint density at radius 1 is 1.07 bits per heavy atom. The summed E-state index contributed by atoms with van der Waals surface area (Å²) in [6, 6.07) is 12.4. The van der Waals surface area contributed by atoms with Gasteiger partial charge in [0.05, 0.1) is 10.6 Å². The molecule has 0 radical (unpaired) electrons. The van der Waals surface area contributed by atoms with Gasteiger partial charge in [-0.15, -0.1) is 0 Å². The Labute approximate surface area is 161 Å². The lowest BCUT2D eigenvalue weighted by Crippen LogP contribution is -2.35. The molecule has 1 N–H and O–H groups in total. The second-order valence-electron chi connectivity index (χ2n) is 8.04. The molecule has 1 aliphatic rings. The standard InChI is InChI=1S/C21H26N2O3S/c1-15-7-11-18(12-8-15)27(25,26)23-13-5-6-16-9-10-17(14-19(16)23)22-20(24)21(2,3)4/h7-12,14H,5-6,13H2,1-4H3,(H,22,24). The van der Waals surface area contributed by atoms with Gasteiger partial charge in [-0.25, -0.2) is 8.42 Å². The summed E-state index contributed by atoms with van der Waals surface area (Å²) in [5.41, 5.74) is 2.72. The molecule has 3 rings (SSSR count). The number of carbonyl (C=O) groups excluding carboxylic acids is 1. The number of nitrogens with one attached hydrogen (secondary N) is 1. The number of benzene rings is 2. The van der Waals surface area contributed by atoms with Gasteiger partial charge in [0.2, 0.25) is 5.91 Å². The lowest BCUT2D eigenvalue weighted by molar-refractivity contribution is -0.123. The van der Waals surface area contributed by atoms with Crippen LogP contribution in [0, 0.1) is 12.3 Å². The first-order chi connectivity index (χ1) is 12.6. The molecule has 0 atom stereocenters. The normalized spacial score (nSPS) is 14.6. The van der Waals surface area contributed by atoms with Crippen molar-refractivity contribution in [3.8, 4) is 0 Å². The van der Waals surface area contributed by atoms with Crippen LogP contribution >= 0.6 is 0 Å². The van der Waals surface area contributed by atoms with E-state index < -0.39 is 15.4 Å². The van der Waals surface area contributed by atoms with Gasteiger partial charge in [-0.05, 0) is 49.6 Å². The predicted octanol–water partition coefficient (Wildman–Crippen LogP) is 4.12. The number of aryl methyl sites for hydroxylation is 2. The lowest BCUT2D eigenvalue weighted by atomic mass is 9.95. The minimum atomic E-state index is -3.65. The van der Waals surface area contributed by atoms with Crippen molar-refractivity contribution in [1.82, 2.24) is 0 Å². The second kappa shape index (κ2) is 7.00. The van der Waals surface area contributed by atoms with Gasteiger partial charge < -0.3 is 5.32 Å². The van der Waals surface area contributed by atoms with Crippen molar-refractivity contribution in [3.05, 3.63) is 53.6 Å². The number of hydrogen-bond acceptors (Lipinski definition) is 3. The molecule has 1 aliphatic heterocycles. The van der Waals surface area contributed by atoms with Crippen LogP contribution in [0.3, 0.4) is 0 Å². The van der Waals surface area contributed by atoms with E-state index in [2.05, 4.69) is 5.32 Å². The quantitative estimate of drug-likeness (QED) is 0.863. The Hall–Kier alpha value is -2.34. The summed E-state index contributed by atoms with van der Waals surface area (Å²) in [5.74, 6) is -0.105. The van der Waals surface area contributed by atoms with Crippen LogP contribution in [0.5, 0.6) is 0 Å². The molecule has 0 fully saturated rings. The Balaban J connectivity index is 1.98. The van der Waals surface area contributed by atoms with Crippen LogP contribution in [0.4, 0.5) is 11.4 Å². The van der Waals surface area contributed by atoms with E-state index in [1.165, 1.54) is 4.31 Å². The number of amides is 1. The van der Waals surface area contributed by atoms with Gasteiger partial charge in [0, 0.05) is 17.6 Å². The molecule has 1 heterocycles. The summed E-state index contributed by atoms with van der Waals surface area (Å²) < 4.78 is 27.8. The molecule has 0 saturated carbocycles. The number of nitrogens with zero attached hydrogens (tertiary/aromatic N) is 1. The van der Waals surface area contributed by atoms with E-state index in [4.69, 9.17) is 0 Å². The van der Waals surface area contributed by atoms with Crippen LogP contribution < -0.4 is 9.62 Å². The minimum absolute atomic E-state index is 0.105. The summed E-state index contributed by atoms with van der Waals surface area (Å²) in [6.45, 7) is 7.88. The largest absolute Gasteiger partial charge is 0.326 e. The molecular formula is C21H26N2O3S. The van der Waals surface area contributed by atoms with Crippen molar-refractivity contribution >= 4 is 27.3 Å². The molecule has 27 heavy (non-hydrogen) atoms.